The molecule has 0 radical (unpaired) electrons. The maximum absolute atomic E-state index is 11.0. The zero-order chi connectivity index (χ0) is 13.9. The molecule has 3 aromatic carbocycles. The van der Waals surface area contributed by atoms with Crippen molar-refractivity contribution in [1.82, 2.24) is 0 Å². The maximum Gasteiger partial charge on any atom is 0.335 e. The van der Waals surface area contributed by atoms with Gasteiger partial charge in [0.1, 0.15) is 0 Å². The van der Waals surface area contributed by atoms with E-state index in [1.807, 2.05) is 48.5 Å². The van der Waals surface area contributed by atoms with Crippen molar-refractivity contribution in [3.63, 3.8) is 0 Å². The number of benzene rings is 3. The van der Waals surface area contributed by atoms with Crippen LogP contribution in [0.5, 0.6) is 0 Å². The topological polar surface area (TPSA) is 49.3 Å². The average Bonchev–Trinajstić information content (AvgIpc) is 2.48. The van der Waals surface area contributed by atoms with E-state index in [0.29, 0.717) is 0 Å². The number of carboxylic acid groups (broad SMARTS) is 1. The van der Waals surface area contributed by atoms with Crippen molar-refractivity contribution < 1.29 is 9.90 Å². The Balaban J connectivity index is 2.01. The Morgan fingerprint density at radius 2 is 1.65 bits per heavy atom. The molecule has 0 saturated carbocycles. The smallest absolute Gasteiger partial charge is 0.335 e. The molecule has 3 aromatic rings. The van der Waals surface area contributed by atoms with Crippen molar-refractivity contribution in [3.05, 3.63) is 72.3 Å². The van der Waals surface area contributed by atoms with Crippen molar-refractivity contribution in [1.29, 1.82) is 0 Å². The largest absolute Gasteiger partial charge is 0.478 e. The number of fused-ring (bicyclic) bond motifs is 1. The summed E-state index contributed by atoms with van der Waals surface area (Å²) in [5, 5.41) is 14.6. The Morgan fingerprint density at radius 3 is 2.50 bits per heavy atom. The first-order valence-electron chi connectivity index (χ1n) is 6.32. The lowest BCUT2D eigenvalue weighted by Crippen LogP contribution is -1.98. The Morgan fingerprint density at radius 1 is 0.900 bits per heavy atom. The molecule has 0 aliphatic rings. The van der Waals surface area contributed by atoms with Gasteiger partial charge in [0.15, 0.2) is 0 Å². The molecule has 98 valence electrons. The molecule has 3 rings (SSSR count). The molecule has 0 amide bonds. The van der Waals surface area contributed by atoms with E-state index in [1.54, 1.807) is 18.2 Å². The van der Waals surface area contributed by atoms with E-state index < -0.39 is 5.97 Å². The minimum absolute atomic E-state index is 0.273. The highest BCUT2D eigenvalue weighted by Crippen LogP contribution is 2.26. The van der Waals surface area contributed by atoms with Crippen molar-refractivity contribution in [2.24, 2.45) is 0 Å². The van der Waals surface area contributed by atoms with Crippen LogP contribution in [0.2, 0.25) is 0 Å². The first-order chi connectivity index (χ1) is 9.74. The molecule has 0 unspecified atom stereocenters. The van der Waals surface area contributed by atoms with Gasteiger partial charge in [-0.15, -0.1) is 0 Å². The highest BCUT2D eigenvalue weighted by Gasteiger charge is 2.04. The van der Waals surface area contributed by atoms with Gasteiger partial charge in [0, 0.05) is 16.8 Å². The van der Waals surface area contributed by atoms with Crippen LogP contribution in [0, 0.1) is 0 Å². The van der Waals surface area contributed by atoms with Crippen LogP contribution in [0.3, 0.4) is 0 Å². The van der Waals surface area contributed by atoms with Crippen molar-refractivity contribution in [2.45, 2.75) is 0 Å². The van der Waals surface area contributed by atoms with E-state index in [9.17, 15) is 4.79 Å². The fourth-order valence-corrected chi connectivity index (χ4v) is 2.22. The third kappa shape index (κ3) is 2.34. The predicted octanol–water partition coefficient (Wildman–Crippen LogP) is 4.28. The summed E-state index contributed by atoms with van der Waals surface area (Å²) in [7, 11) is 0. The number of carbonyl (C=O) groups is 1. The Hall–Kier alpha value is -2.81. The summed E-state index contributed by atoms with van der Waals surface area (Å²) in [6.45, 7) is 0. The van der Waals surface area contributed by atoms with Crippen molar-refractivity contribution in [3.8, 4) is 0 Å². The summed E-state index contributed by atoms with van der Waals surface area (Å²) in [6, 6.07) is 20.9. The SMILES string of the molecule is O=C(O)c1cccc(Nc2cccc3ccccc23)c1. The summed E-state index contributed by atoms with van der Waals surface area (Å²) in [4.78, 5) is 11.0. The number of carboxylic acids is 1. The fraction of sp³-hybridized carbons (Fsp3) is 0. The molecule has 3 heteroatoms. The highest BCUT2D eigenvalue weighted by atomic mass is 16.4. The molecule has 0 aliphatic heterocycles. The zero-order valence-corrected chi connectivity index (χ0v) is 10.7. The van der Waals surface area contributed by atoms with Crippen molar-refractivity contribution in [2.75, 3.05) is 5.32 Å². The van der Waals surface area contributed by atoms with E-state index in [-0.39, 0.29) is 5.56 Å². The molecule has 0 fully saturated rings. The molecule has 0 heterocycles. The molecule has 0 atom stereocenters. The van der Waals surface area contributed by atoms with Gasteiger partial charge < -0.3 is 10.4 Å². The van der Waals surface area contributed by atoms with E-state index in [1.165, 1.54) is 0 Å². The summed E-state index contributed by atoms with van der Waals surface area (Å²) in [6.07, 6.45) is 0. The lowest BCUT2D eigenvalue weighted by Gasteiger charge is -2.10. The molecule has 0 bridgehead atoms. The van der Waals surface area contributed by atoms with Crippen LogP contribution in [0.15, 0.2) is 66.7 Å². The molecular weight excluding hydrogens is 250 g/mol. The number of nitrogens with one attached hydrogen (secondary N) is 1. The van der Waals surface area contributed by atoms with Crippen LogP contribution in [0.25, 0.3) is 10.8 Å². The minimum Gasteiger partial charge on any atom is -0.478 e. The van der Waals surface area contributed by atoms with E-state index in [0.717, 1.165) is 22.1 Å². The summed E-state index contributed by atoms with van der Waals surface area (Å²) >= 11 is 0. The van der Waals surface area contributed by atoms with E-state index in [4.69, 9.17) is 5.11 Å². The first-order valence-corrected chi connectivity index (χ1v) is 6.32. The van der Waals surface area contributed by atoms with Gasteiger partial charge in [-0.3, -0.25) is 0 Å². The second kappa shape index (κ2) is 5.05. The summed E-state index contributed by atoms with van der Waals surface area (Å²) in [5.74, 6) is -0.924. The Kier molecular flexibility index (Phi) is 3.09. The lowest BCUT2D eigenvalue weighted by atomic mass is 10.1. The number of aromatic carboxylic acids is 1. The van der Waals surface area contributed by atoms with Gasteiger partial charge >= 0.3 is 5.97 Å². The zero-order valence-electron chi connectivity index (χ0n) is 10.7. The molecule has 0 aliphatic carbocycles. The van der Waals surface area contributed by atoms with Gasteiger partial charge in [-0.2, -0.15) is 0 Å². The molecular formula is C17H13NO2. The number of rotatable bonds is 3. The molecule has 0 aromatic heterocycles. The van der Waals surface area contributed by atoms with Gasteiger partial charge in [-0.05, 0) is 29.7 Å². The van der Waals surface area contributed by atoms with Crippen LogP contribution in [0.4, 0.5) is 11.4 Å². The number of hydrogen-bond donors (Lipinski definition) is 2. The quantitative estimate of drug-likeness (QED) is 0.741. The predicted molar refractivity (Wildman–Crippen MR) is 80.6 cm³/mol. The third-order valence-corrected chi connectivity index (χ3v) is 3.18. The van der Waals surface area contributed by atoms with Crippen LogP contribution >= 0.6 is 0 Å². The molecule has 0 spiro atoms. The highest BCUT2D eigenvalue weighted by molar-refractivity contribution is 5.96. The Bertz CT molecular complexity index is 775. The third-order valence-electron chi connectivity index (χ3n) is 3.18. The maximum atomic E-state index is 11.0. The summed E-state index contributed by atoms with van der Waals surface area (Å²) < 4.78 is 0. The van der Waals surface area contributed by atoms with E-state index >= 15 is 0 Å². The molecule has 2 N–H and O–H groups in total. The van der Waals surface area contributed by atoms with Crippen LogP contribution in [-0.2, 0) is 0 Å². The molecule has 3 nitrogen and oxygen atoms in total. The van der Waals surface area contributed by atoms with Crippen LogP contribution in [-0.4, -0.2) is 11.1 Å². The minimum atomic E-state index is -0.924. The van der Waals surface area contributed by atoms with Gasteiger partial charge in [-0.1, -0.05) is 42.5 Å². The first kappa shape index (κ1) is 12.2. The standard InChI is InChI=1S/C17H13NO2/c19-17(20)13-7-3-8-14(11-13)18-16-10-4-6-12-5-1-2-9-15(12)16/h1-11,18H,(H,19,20). The van der Waals surface area contributed by atoms with Crippen LogP contribution in [0.1, 0.15) is 10.4 Å². The number of anilines is 2. The monoisotopic (exact) mass is 263 g/mol. The van der Waals surface area contributed by atoms with Gasteiger partial charge in [0.2, 0.25) is 0 Å². The number of hydrogen-bond acceptors (Lipinski definition) is 2. The van der Waals surface area contributed by atoms with Crippen molar-refractivity contribution >= 4 is 28.1 Å². The average molecular weight is 263 g/mol. The second-order valence-corrected chi connectivity index (χ2v) is 4.54. The second-order valence-electron chi connectivity index (χ2n) is 4.54. The van der Waals surface area contributed by atoms with Gasteiger partial charge in [0.05, 0.1) is 5.56 Å². The Labute approximate surface area is 116 Å². The molecule has 20 heavy (non-hydrogen) atoms. The van der Waals surface area contributed by atoms with Crippen LogP contribution < -0.4 is 5.32 Å². The summed E-state index contributed by atoms with van der Waals surface area (Å²) in [5.41, 5.74) is 2.00. The molecule has 0 saturated heterocycles. The lowest BCUT2D eigenvalue weighted by molar-refractivity contribution is 0.0697. The van der Waals surface area contributed by atoms with E-state index in [2.05, 4.69) is 5.32 Å². The van der Waals surface area contributed by atoms with Gasteiger partial charge in [-0.25, -0.2) is 4.79 Å². The normalized spacial score (nSPS) is 10.4. The fourth-order valence-electron chi connectivity index (χ4n) is 2.22. The van der Waals surface area contributed by atoms with Gasteiger partial charge in [0.25, 0.3) is 0 Å².